The molecule has 2 aliphatic rings. The maximum absolute atomic E-state index is 4.79. The fourth-order valence-corrected chi connectivity index (χ4v) is 4.21. The van der Waals surface area contributed by atoms with E-state index >= 15 is 0 Å². The van der Waals surface area contributed by atoms with Crippen LogP contribution >= 0.6 is 24.0 Å². The van der Waals surface area contributed by atoms with E-state index in [-0.39, 0.29) is 24.0 Å². The van der Waals surface area contributed by atoms with Crippen LogP contribution in [0.25, 0.3) is 0 Å². The van der Waals surface area contributed by atoms with Crippen molar-refractivity contribution in [2.45, 2.75) is 52.1 Å². The third-order valence-corrected chi connectivity index (χ3v) is 6.07. The van der Waals surface area contributed by atoms with Gasteiger partial charge in [-0.1, -0.05) is 24.3 Å². The molecule has 0 saturated carbocycles. The van der Waals surface area contributed by atoms with Gasteiger partial charge in [0, 0.05) is 19.6 Å². The van der Waals surface area contributed by atoms with Crippen LogP contribution < -0.4 is 10.6 Å². The molecule has 0 bridgehead atoms. The number of benzene rings is 1. The average Bonchev–Trinajstić information content (AvgIpc) is 3.22. The highest BCUT2D eigenvalue weighted by Crippen LogP contribution is 2.18. The Kier molecular flexibility index (Phi) is 11.3. The lowest BCUT2D eigenvalue weighted by molar-refractivity contribution is 0.213. The van der Waals surface area contributed by atoms with E-state index in [9.17, 15) is 0 Å². The van der Waals surface area contributed by atoms with Gasteiger partial charge in [-0.15, -0.1) is 24.0 Å². The van der Waals surface area contributed by atoms with E-state index in [1.54, 1.807) is 0 Å². The molecule has 0 radical (unpaired) electrons. The van der Waals surface area contributed by atoms with Gasteiger partial charge in [-0.3, -0.25) is 4.90 Å². The Labute approximate surface area is 194 Å². The van der Waals surface area contributed by atoms with Gasteiger partial charge in [0.05, 0.1) is 6.54 Å². The van der Waals surface area contributed by atoms with E-state index in [4.69, 9.17) is 4.99 Å². The van der Waals surface area contributed by atoms with Crippen LogP contribution in [0, 0.1) is 5.92 Å². The van der Waals surface area contributed by atoms with Crippen LogP contribution in [0.2, 0.25) is 0 Å². The van der Waals surface area contributed by atoms with E-state index in [2.05, 4.69) is 58.7 Å². The zero-order valence-electron chi connectivity index (χ0n) is 18.3. The Morgan fingerprint density at radius 2 is 1.66 bits per heavy atom. The molecule has 3 rings (SSSR count). The van der Waals surface area contributed by atoms with E-state index in [0.717, 1.165) is 38.1 Å². The van der Waals surface area contributed by atoms with Crippen LogP contribution in [-0.2, 0) is 13.1 Å². The molecule has 2 aliphatic heterocycles. The van der Waals surface area contributed by atoms with Crippen molar-refractivity contribution in [1.29, 1.82) is 0 Å². The summed E-state index contributed by atoms with van der Waals surface area (Å²) in [5, 5.41) is 6.91. The second-order valence-electron chi connectivity index (χ2n) is 8.46. The first-order valence-electron chi connectivity index (χ1n) is 11.2. The van der Waals surface area contributed by atoms with Crippen LogP contribution in [0.3, 0.4) is 0 Å². The molecule has 0 aliphatic carbocycles. The molecule has 0 unspecified atom stereocenters. The normalized spacial score (nSPS) is 19.2. The lowest BCUT2D eigenvalue weighted by atomic mass is 9.94. The molecular formula is C23H40IN5. The van der Waals surface area contributed by atoms with Gasteiger partial charge >= 0.3 is 0 Å². The standard InChI is InChI=1S/C23H39N5.HI/c1-3-24-23(25-13-10-20-11-16-27(2)17-12-20)26-18-21-6-8-22(9-7-21)19-28-14-4-5-15-28;/h6-9,20H,3-5,10-19H2,1-2H3,(H2,24,25,26);1H. The van der Waals surface area contributed by atoms with Crippen molar-refractivity contribution in [2.75, 3.05) is 46.3 Å². The van der Waals surface area contributed by atoms with Gasteiger partial charge in [0.15, 0.2) is 5.96 Å². The van der Waals surface area contributed by atoms with Crippen molar-refractivity contribution in [3.8, 4) is 0 Å². The van der Waals surface area contributed by atoms with E-state index in [1.807, 2.05) is 0 Å². The molecule has 1 aromatic carbocycles. The summed E-state index contributed by atoms with van der Waals surface area (Å²) in [6.45, 7) is 10.8. The minimum Gasteiger partial charge on any atom is -0.357 e. The molecule has 6 heteroatoms. The number of nitrogens with one attached hydrogen (secondary N) is 2. The molecule has 0 amide bonds. The van der Waals surface area contributed by atoms with Crippen molar-refractivity contribution in [1.82, 2.24) is 20.4 Å². The first-order chi connectivity index (χ1) is 13.7. The smallest absolute Gasteiger partial charge is 0.191 e. The number of piperidine rings is 1. The monoisotopic (exact) mass is 513 g/mol. The van der Waals surface area contributed by atoms with Crippen molar-refractivity contribution in [2.24, 2.45) is 10.9 Å². The molecule has 164 valence electrons. The van der Waals surface area contributed by atoms with Crippen LogP contribution in [0.5, 0.6) is 0 Å². The van der Waals surface area contributed by atoms with Crippen molar-refractivity contribution >= 4 is 29.9 Å². The van der Waals surface area contributed by atoms with Gasteiger partial charge < -0.3 is 15.5 Å². The molecule has 0 aromatic heterocycles. The zero-order chi connectivity index (χ0) is 19.6. The van der Waals surface area contributed by atoms with Crippen molar-refractivity contribution in [3.05, 3.63) is 35.4 Å². The Balaban J connectivity index is 0.00000300. The molecule has 29 heavy (non-hydrogen) atoms. The topological polar surface area (TPSA) is 42.9 Å². The van der Waals surface area contributed by atoms with E-state index in [1.165, 1.54) is 69.4 Å². The Bertz CT molecular complexity index is 590. The molecule has 2 N–H and O–H groups in total. The predicted molar refractivity (Wildman–Crippen MR) is 134 cm³/mol. The molecule has 0 atom stereocenters. The molecule has 1 aromatic rings. The quantitative estimate of drug-likeness (QED) is 0.316. The largest absolute Gasteiger partial charge is 0.357 e. The van der Waals surface area contributed by atoms with Crippen LogP contribution in [0.15, 0.2) is 29.3 Å². The number of halogens is 1. The minimum atomic E-state index is 0. The second-order valence-corrected chi connectivity index (χ2v) is 8.46. The summed E-state index contributed by atoms with van der Waals surface area (Å²) in [5.41, 5.74) is 2.69. The van der Waals surface area contributed by atoms with E-state index in [0.29, 0.717) is 0 Å². The summed E-state index contributed by atoms with van der Waals surface area (Å²) in [6.07, 6.45) is 6.60. The Morgan fingerprint density at radius 3 is 2.31 bits per heavy atom. The Hall–Kier alpha value is -0.860. The third kappa shape index (κ3) is 8.80. The molecule has 2 heterocycles. The number of likely N-dealkylation sites (tertiary alicyclic amines) is 2. The van der Waals surface area contributed by atoms with Crippen LogP contribution in [0.1, 0.15) is 50.2 Å². The highest BCUT2D eigenvalue weighted by molar-refractivity contribution is 14.0. The first kappa shape index (κ1) is 24.4. The highest BCUT2D eigenvalue weighted by Gasteiger charge is 2.16. The number of rotatable bonds is 8. The SMILES string of the molecule is CCNC(=NCc1ccc(CN2CCCC2)cc1)NCCC1CCN(C)CC1.I. The lowest BCUT2D eigenvalue weighted by Gasteiger charge is -2.29. The van der Waals surface area contributed by atoms with Crippen LogP contribution in [0.4, 0.5) is 0 Å². The van der Waals surface area contributed by atoms with Crippen molar-refractivity contribution in [3.63, 3.8) is 0 Å². The minimum absolute atomic E-state index is 0. The predicted octanol–water partition coefficient (Wildman–Crippen LogP) is 3.69. The molecular weight excluding hydrogens is 473 g/mol. The van der Waals surface area contributed by atoms with Gasteiger partial charge in [0.2, 0.25) is 0 Å². The number of aliphatic imine (C=N–C) groups is 1. The van der Waals surface area contributed by atoms with Gasteiger partial charge in [-0.2, -0.15) is 0 Å². The van der Waals surface area contributed by atoms with Gasteiger partial charge in [-0.25, -0.2) is 4.99 Å². The highest BCUT2D eigenvalue weighted by atomic mass is 127. The molecule has 0 spiro atoms. The van der Waals surface area contributed by atoms with Gasteiger partial charge in [-0.05, 0) is 89.3 Å². The average molecular weight is 514 g/mol. The number of hydrogen-bond donors (Lipinski definition) is 2. The molecule has 2 fully saturated rings. The number of guanidine groups is 1. The lowest BCUT2D eigenvalue weighted by Crippen LogP contribution is -2.39. The summed E-state index contributed by atoms with van der Waals surface area (Å²) in [5.74, 6) is 1.80. The number of hydrogen-bond acceptors (Lipinski definition) is 3. The summed E-state index contributed by atoms with van der Waals surface area (Å²) in [4.78, 5) is 9.77. The fourth-order valence-electron chi connectivity index (χ4n) is 4.21. The third-order valence-electron chi connectivity index (χ3n) is 6.07. The van der Waals surface area contributed by atoms with Crippen LogP contribution in [-0.4, -0.2) is 62.1 Å². The molecule has 2 saturated heterocycles. The summed E-state index contributed by atoms with van der Waals surface area (Å²) >= 11 is 0. The summed E-state index contributed by atoms with van der Waals surface area (Å²) in [6, 6.07) is 9.00. The van der Waals surface area contributed by atoms with E-state index < -0.39 is 0 Å². The maximum atomic E-state index is 4.79. The number of nitrogens with zero attached hydrogens (tertiary/aromatic N) is 3. The van der Waals surface area contributed by atoms with Gasteiger partial charge in [0.25, 0.3) is 0 Å². The Morgan fingerprint density at radius 1 is 1.00 bits per heavy atom. The molecule has 5 nitrogen and oxygen atoms in total. The summed E-state index contributed by atoms with van der Waals surface area (Å²) in [7, 11) is 2.23. The summed E-state index contributed by atoms with van der Waals surface area (Å²) < 4.78 is 0. The zero-order valence-corrected chi connectivity index (χ0v) is 20.7. The maximum Gasteiger partial charge on any atom is 0.191 e. The second kappa shape index (κ2) is 13.4. The van der Waals surface area contributed by atoms with Gasteiger partial charge in [0.1, 0.15) is 0 Å². The first-order valence-corrected chi connectivity index (χ1v) is 11.2. The fraction of sp³-hybridized carbons (Fsp3) is 0.696. The van der Waals surface area contributed by atoms with Crippen molar-refractivity contribution < 1.29 is 0 Å².